The maximum Gasteiger partial charge on any atom is 0.321 e. The fraction of sp³-hybridized carbons (Fsp3) is 0.333. The number of amides is 1. The van der Waals surface area contributed by atoms with Gasteiger partial charge >= 0.3 is 5.97 Å². The second-order valence-corrected chi connectivity index (χ2v) is 11.2. The Bertz CT molecular complexity index is 1360. The number of fused-ring (bicyclic) bond motifs is 1. The van der Waals surface area contributed by atoms with E-state index in [1.807, 2.05) is 13.0 Å². The number of esters is 1. The normalized spacial score (nSPS) is 12.7. The fourth-order valence-electron chi connectivity index (χ4n) is 3.60. The molecule has 0 aliphatic heterocycles. The summed E-state index contributed by atoms with van der Waals surface area (Å²) in [5.41, 5.74) is 2.71. The zero-order valence-electron chi connectivity index (χ0n) is 19.5. The number of hydrogen-bond donors (Lipinski definition) is 1. The monoisotopic (exact) mass is 524 g/mol. The van der Waals surface area contributed by atoms with Crippen LogP contribution < -0.4 is 5.32 Å². The molecule has 1 atom stereocenters. The Balaban J connectivity index is 1.77. The highest BCUT2D eigenvalue weighted by molar-refractivity contribution is 7.92. The summed E-state index contributed by atoms with van der Waals surface area (Å²) in [6.45, 7) is 6.94. The van der Waals surface area contributed by atoms with Crippen LogP contribution in [0.1, 0.15) is 48.4 Å². The second kappa shape index (κ2) is 9.98. The molecule has 3 aromatic rings. The number of ether oxygens (including phenoxy) is 1. The van der Waals surface area contributed by atoms with E-state index in [-0.39, 0.29) is 10.8 Å². The average molecular weight is 525 g/mol. The summed E-state index contributed by atoms with van der Waals surface area (Å²) in [7, 11) is -2.06. The van der Waals surface area contributed by atoms with Gasteiger partial charge in [0.2, 0.25) is 0 Å². The molecule has 0 spiro atoms. The van der Waals surface area contributed by atoms with Crippen LogP contribution in [0.15, 0.2) is 41.3 Å². The van der Waals surface area contributed by atoms with Crippen LogP contribution in [0.25, 0.3) is 10.9 Å². The molecule has 182 valence electrons. The maximum absolute atomic E-state index is 13.0. The van der Waals surface area contributed by atoms with E-state index in [9.17, 15) is 18.0 Å². The molecule has 1 aromatic heterocycles. The largest absolute Gasteiger partial charge is 0.462 e. The number of aryl methyl sites for hydroxylation is 2. The van der Waals surface area contributed by atoms with Crippen LogP contribution in [0.5, 0.6) is 0 Å². The van der Waals surface area contributed by atoms with E-state index >= 15 is 0 Å². The molecule has 0 saturated heterocycles. The predicted octanol–water partition coefficient (Wildman–Crippen LogP) is 5.01. The summed E-state index contributed by atoms with van der Waals surface area (Å²) < 4.78 is 31.6. The number of rotatable bonds is 7. The SMILES string of the molecule is Cc1cc2c(cc(C(=O)NC(C)c3ccc(S(=O)(=O)CC(=O)OC(C)C)cc3)n2C)c(Cl)c1Cl. The van der Waals surface area contributed by atoms with E-state index in [0.717, 1.165) is 11.1 Å². The van der Waals surface area contributed by atoms with Gasteiger partial charge < -0.3 is 14.6 Å². The predicted molar refractivity (Wildman–Crippen MR) is 133 cm³/mol. The number of carbonyl (C=O) groups is 2. The highest BCUT2D eigenvalue weighted by atomic mass is 35.5. The van der Waals surface area contributed by atoms with E-state index in [1.165, 1.54) is 12.1 Å². The van der Waals surface area contributed by atoms with Crippen LogP contribution in [0.4, 0.5) is 0 Å². The van der Waals surface area contributed by atoms with Gasteiger partial charge in [0.15, 0.2) is 15.6 Å². The molecule has 0 aliphatic carbocycles. The van der Waals surface area contributed by atoms with Gasteiger partial charge in [-0.1, -0.05) is 35.3 Å². The lowest BCUT2D eigenvalue weighted by Crippen LogP contribution is -2.28. The topological polar surface area (TPSA) is 94.5 Å². The first-order valence-electron chi connectivity index (χ1n) is 10.6. The van der Waals surface area contributed by atoms with Gasteiger partial charge in [-0.05, 0) is 63.1 Å². The summed E-state index contributed by atoms with van der Waals surface area (Å²) in [6, 6.07) is 9.19. The highest BCUT2D eigenvalue weighted by Gasteiger charge is 2.23. The average Bonchev–Trinajstić information content (AvgIpc) is 3.07. The Morgan fingerprint density at radius 2 is 1.68 bits per heavy atom. The standard InChI is InChI=1S/C24H26Cl2N2O5S/c1-13(2)33-21(29)12-34(31,32)17-8-6-16(7-9-17)15(4)27-24(30)20-11-18-19(28(20)5)10-14(3)22(25)23(18)26/h6-11,13,15H,12H2,1-5H3,(H,27,30). The minimum absolute atomic E-state index is 0.00561. The second-order valence-electron chi connectivity index (χ2n) is 8.40. The minimum atomic E-state index is -3.83. The van der Waals surface area contributed by atoms with Gasteiger partial charge in [-0.3, -0.25) is 9.59 Å². The third kappa shape index (κ3) is 5.40. The van der Waals surface area contributed by atoms with Crippen molar-refractivity contribution in [1.29, 1.82) is 0 Å². The zero-order chi connectivity index (χ0) is 25.4. The third-order valence-electron chi connectivity index (χ3n) is 5.40. The third-order valence-corrected chi connectivity index (χ3v) is 7.99. The Hall–Kier alpha value is -2.55. The molecule has 10 heteroatoms. The molecule has 1 amide bonds. The molecular weight excluding hydrogens is 499 g/mol. The van der Waals surface area contributed by atoms with Crippen molar-refractivity contribution in [1.82, 2.24) is 9.88 Å². The van der Waals surface area contributed by atoms with Crippen LogP contribution in [-0.4, -0.2) is 36.7 Å². The van der Waals surface area contributed by atoms with Crippen LogP contribution in [-0.2, 0) is 26.4 Å². The highest BCUT2D eigenvalue weighted by Crippen LogP contribution is 2.35. The van der Waals surface area contributed by atoms with Crippen molar-refractivity contribution in [3.63, 3.8) is 0 Å². The number of halogens is 2. The molecule has 2 aromatic carbocycles. The Morgan fingerprint density at radius 3 is 2.26 bits per heavy atom. The first kappa shape index (κ1) is 26.1. The lowest BCUT2D eigenvalue weighted by molar-refractivity contribution is -0.144. The number of hydrogen-bond acceptors (Lipinski definition) is 5. The molecule has 1 unspecified atom stereocenters. The maximum atomic E-state index is 13.0. The van der Waals surface area contributed by atoms with E-state index in [4.69, 9.17) is 27.9 Å². The van der Waals surface area contributed by atoms with Gasteiger partial charge in [0.25, 0.3) is 5.91 Å². The fourth-order valence-corrected chi connectivity index (χ4v) is 5.15. The lowest BCUT2D eigenvalue weighted by Gasteiger charge is -2.15. The van der Waals surface area contributed by atoms with E-state index in [2.05, 4.69) is 5.32 Å². The molecular formula is C24H26Cl2N2O5S. The van der Waals surface area contributed by atoms with Gasteiger partial charge in [0, 0.05) is 12.4 Å². The van der Waals surface area contributed by atoms with Crippen molar-refractivity contribution in [2.75, 3.05) is 5.75 Å². The summed E-state index contributed by atoms with van der Waals surface area (Å²) in [6.07, 6.45) is -0.395. The van der Waals surface area contributed by atoms with E-state index in [1.54, 1.807) is 50.6 Å². The molecule has 1 heterocycles. The van der Waals surface area contributed by atoms with E-state index < -0.39 is 33.7 Å². The number of sulfone groups is 1. The zero-order valence-corrected chi connectivity index (χ0v) is 21.8. The van der Waals surface area contributed by atoms with Crippen molar-refractivity contribution >= 4 is 55.8 Å². The number of benzene rings is 2. The summed E-state index contributed by atoms with van der Waals surface area (Å²) in [5.74, 6) is -1.85. The van der Waals surface area contributed by atoms with Gasteiger partial charge in [-0.2, -0.15) is 0 Å². The quantitative estimate of drug-likeness (QED) is 0.438. The van der Waals surface area contributed by atoms with Crippen LogP contribution in [0, 0.1) is 6.92 Å². The first-order chi connectivity index (χ1) is 15.8. The van der Waals surface area contributed by atoms with Gasteiger partial charge in [-0.15, -0.1) is 0 Å². The van der Waals surface area contributed by atoms with Crippen LogP contribution in [0.2, 0.25) is 10.0 Å². The van der Waals surface area contributed by atoms with Crippen molar-refractivity contribution < 1.29 is 22.7 Å². The molecule has 34 heavy (non-hydrogen) atoms. The number of nitrogens with zero attached hydrogens (tertiary/aromatic N) is 1. The number of carbonyl (C=O) groups excluding carboxylic acids is 2. The first-order valence-corrected chi connectivity index (χ1v) is 13.0. The minimum Gasteiger partial charge on any atom is -0.462 e. The van der Waals surface area contributed by atoms with Gasteiger partial charge in [0.1, 0.15) is 5.69 Å². The number of nitrogens with one attached hydrogen (secondary N) is 1. The Kier molecular flexibility index (Phi) is 7.65. The van der Waals surface area contributed by atoms with Gasteiger partial charge in [0.05, 0.1) is 32.6 Å². The van der Waals surface area contributed by atoms with Gasteiger partial charge in [-0.25, -0.2) is 8.42 Å². The van der Waals surface area contributed by atoms with Crippen molar-refractivity contribution in [3.05, 3.63) is 63.3 Å². The van der Waals surface area contributed by atoms with Crippen LogP contribution in [0.3, 0.4) is 0 Å². The summed E-state index contributed by atoms with van der Waals surface area (Å²) >= 11 is 12.6. The Labute approximate surface area is 208 Å². The molecule has 0 radical (unpaired) electrons. The molecule has 1 N–H and O–H groups in total. The molecule has 0 bridgehead atoms. The van der Waals surface area contributed by atoms with Crippen molar-refractivity contribution in [2.24, 2.45) is 7.05 Å². The lowest BCUT2D eigenvalue weighted by atomic mass is 10.1. The van der Waals surface area contributed by atoms with Crippen molar-refractivity contribution in [2.45, 2.75) is 44.7 Å². The molecule has 7 nitrogen and oxygen atoms in total. The van der Waals surface area contributed by atoms with Crippen LogP contribution >= 0.6 is 23.2 Å². The summed E-state index contributed by atoms with van der Waals surface area (Å²) in [4.78, 5) is 24.7. The molecule has 0 fully saturated rings. The van der Waals surface area contributed by atoms with Crippen molar-refractivity contribution in [3.8, 4) is 0 Å². The number of aromatic nitrogens is 1. The smallest absolute Gasteiger partial charge is 0.321 e. The molecule has 3 rings (SSSR count). The molecule has 0 saturated carbocycles. The molecule has 0 aliphatic rings. The Morgan fingerprint density at radius 1 is 1.06 bits per heavy atom. The van der Waals surface area contributed by atoms with E-state index in [0.29, 0.717) is 26.7 Å². The summed E-state index contributed by atoms with van der Waals surface area (Å²) in [5, 5.41) is 4.45.